The first kappa shape index (κ1) is 12.8. The fourth-order valence-corrected chi connectivity index (χ4v) is 2.53. The summed E-state index contributed by atoms with van der Waals surface area (Å²) in [6.07, 6.45) is 0.471. The van der Waals surface area contributed by atoms with Crippen molar-refractivity contribution >= 4 is 22.4 Å². The van der Waals surface area contributed by atoms with Gasteiger partial charge in [0.25, 0.3) is 0 Å². The molecular weight excluding hydrogens is 244 g/mol. The van der Waals surface area contributed by atoms with Crippen LogP contribution in [0.15, 0.2) is 23.6 Å². The second kappa shape index (κ2) is 5.31. The molecule has 0 unspecified atom stereocenters. The fraction of sp³-hybridized carbons (Fsp3) is 0.286. The molecule has 0 bridgehead atoms. The van der Waals surface area contributed by atoms with Crippen LogP contribution in [0.1, 0.15) is 24.5 Å². The summed E-state index contributed by atoms with van der Waals surface area (Å²) in [6, 6.07) is 6.34. The number of carbonyl (C=O) groups excluding carboxylic acids is 1. The highest BCUT2D eigenvalue weighted by Gasteiger charge is 2.07. The maximum absolute atomic E-state index is 11.3. The summed E-state index contributed by atoms with van der Waals surface area (Å²) < 4.78 is 0. The molecule has 1 aromatic carbocycles. The van der Waals surface area contributed by atoms with Crippen LogP contribution in [-0.2, 0) is 4.79 Å². The minimum Gasteiger partial charge on any atom is -0.302 e. The molecule has 0 spiro atoms. The molecule has 1 amide bonds. The van der Waals surface area contributed by atoms with Gasteiger partial charge >= 0.3 is 0 Å². The van der Waals surface area contributed by atoms with E-state index in [9.17, 15) is 4.79 Å². The minimum absolute atomic E-state index is 0.00340. The Kier molecular flexibility index (Phi) is 3.77. The first-order valence-corrected chi connectivity index (χ1v) is 6.80. The summed E-state index contributed by atoms with van der Waals surface area (Å²) in [7, 11) is 0. The first-order valence-electron chi connectivity index (χ1n) is 5.92. The summed E-state index contributed by atoms with van der Waals surface area (Å²) in [5.41, 5.74) is 4.45. The van der Waals surface area contributed by atoms with Crippen molar-refractivity contribution in [2.45, 2.75) is 27.2 Å². The van der Waals surface area contributed by atoms with Crippen LogP contribution in [0, 0.1) is 13.8 Å². The van der Waals surface area contributed by atoms with Crippen LogP contribution < -0.4 is 5.32 Å². The van der Waals surface area contributed by atoms with E-state index in [1.807, 2.05) is 12.3 Å². The third kappa shape index (κ3) is 2.96. The Hall–Kier alpha value is -1.68. The highest BCUT2D eigenvalue weighted by molar-refractivity contribution is 7.14. The number of aryl methyl sites for hydroxylation is 2. The van der Waals surface area contributed by atoms with Gasteiger partial charge in [-0.15, -0.1) is 11.3 Å². The summed E-state index contributed by atoms with van der Waals surface area (Å²) >= 11 is 1.46. The van der Waals surface area contributed by atoms with Crippen LogP contribution in [-0.4, -0.2) is 10.9 Å². The number of benzene rings is 1. The third-order valence-corrected chi connectivity index (χ3v) is 3.35. The quantitative estimate of drug-likeness (QED) is 0.912. The molecule has 1 N–H and O–H groups in total. The zero-order chi connectivity index (χ0) is 13.1. The number of nitrogens with zero attached hydrogens (tertiary/aromatic N) is 1. The summed E-state index contributed by atoms with van der Waals surface area (Å²) in [5, 5.41) is 5.41. The topological polar surface area (TPSA) is 42.0 Å². The third-order valence-electron chi connectivity index (χ3n) is 2.59. The number of thiazole rings is 1. The Morgan fingerprint density at radius 2 is 1.94 bits per heavy atom. The van der Waals surface area contributed by atoms with Crippen LogP contribution in [0.25, 0.3) is 11.3 Å². The van der Waals surface area contributed by atoms with Gasteiger partial charge in [-0.2, -0.15) is 0 Å². The molecule has 4 heteroatoms. The number of rotatable bonds is 3. The molecule has 0 radical (unpaired) electrons. The summed E-state index contributed by atoms with van der Waals surface area (Å²) in [6.45, 7) is 5.97. The zero-order valence-electron chi connectivity index (χ0n) is 10.8. The molecule has 1 aromatic heterocycles. The summed E-state index contributed by atoms with van der Waals surface area (Å²) in [4.78, 5) is 15.7. The van der Waals surface area contributed by atoms with E-state index >= 15 is 0 Å². The predicted molar refractivity (Wildman–Crippen MR) is 75.9 cm³/mol. The van der Waals surface area contributed by atoms with E-state index in [0.717, 1.165) is 11.3 Å². The predicted octanol–water partition coefficient (Wildman–Crippen LogP) is 3.78. The van der Waals surface area contributed by atoms with E-state index in [1.54, 1.807) is 0 Å². The minimum atomic E-state index is -0.00340. The molecule has 18 heavy (non-hydrogen) atoms. The number of hydrogen-bond donors (Lipinski definition) is 1. The fourth-order valence-electron chi connectivity index (χ4n) is 1.79. The van der Waals surface area contributed by atoms with Gasteiger partial charge in [0.05, 0.1) is 5.69 Å². The SMILES string of the molecule is CCC(=O)Nc1nc(-c2cc(C)cc(C)c2)cs1. The molecule has 0 fully saturated rings. The summed E-state index contributed by atoms with van der Waals surface area (Å²) in [5.74, 6) is -0.00340. The van der Waals surface area contributed by atoms with Crippen LogP contribution in [0.4, 0.5) is 5.13 Å². The smallest absolute Gasteiger partial charge is 0.225 e. The number of amides is 1. The first-order chi connectivity index (χ1) is 8.58. The van der Waals surface area contributed by atoms with Gasteiger partial charge in [-0.1, -0.05) is 24.1 Å². The van der Waals surface area contributed by atoms with Crippen molar-refractivity contribution in [1.82, 2.24) is 4.98 Å². The molecule has 94 valence electrons. The molecule has 0 atom stereocenters. The van der Waals surface area contributed by atoms with Gasteiger partial charge in [0, 0.05) is 17.4 Å². The average molecular weight is 260 g/mol. The zero-order valence-corrected chi connectivity index (χ0v) is 11.6. The molecular formula is C14H16N2OS. The lowest BCUT2D eigenvalue weighted by Crippen LogP contribution is -2.08. The Labute approximate surface area is 111 Å². The standard InChI is InChI=1S/C14H16N2OS/c1-4-13(17)16-14-15-12(8-18-14)11-6-9(2)5-10(3)7-11/h5-8H,4H2,1-3H3,(H,15,16,17). The van der Waals surface area contributed by atoms with Gasteiger partial charge < -0.3 is 5.32 Å². The van der Waals surface area contributed by atoms with Crippen LogP contribution >= 0.6 is 11.3 Å². The number of hydrogen-bond acceptors (Lipinski definition) is 3. The van der Waals surface area contributed by atoms with Crippen molar-refractivity contribution in [1.29, 1.82) is 0 Å². The number of carbonyl (C=O) groups is 1. The Morgan fingerprint density at radius 1 is 1.28 bits per heavy atom. The second-order valence-electron chi connectivity index (χ2n) is 4.32. The van der Waals surface area contributed by atoms with Gasteiger partial charge in [-0.3, -0.25) is 4.79 Å². The van der Waals surface area contributed by atoms with Crippen molar-refractivity contribution < 1.29 is 4.79 Å². The molecule has 0 aliphatic heterocycles. The number of nitrogens with one attached hydrogen (secondary N) is 1. The Morgan fingerprint density at radius 3 is 2.56 bits per heavy atom. The molecule has 3 nitrogen and oxygen atoms in total. The van der Waals surface area contributed by atoms with E-state index in [-0.39, 0.29) is 5.91 Å². The molecule has 0 saturated heterocycles. The van der Waals surface area contributed by atoms with Gasteiger partial charge in [0.1, 0.15) is 0 Å². The van der Waals surface area contributed by atoms with E-state index in [1.165, 1.54) is 22.5 Å². The maximum atomic E-state index is 11.3. The molecule has 0 aliphatic carbocycles. The average Bonchev–Trinajstić information content (AvgIpc) is 2.76. The van der Waals surface area contributed by atoms with Crippen LogP contribution in [0.3, 0.4) is 0 Å². The van der Waals surface area contributed by atoms with E-state index in [0.29, 0.717) is 11.6 Å². The second-order valence-corrected chi connectivity index (χ2v) is 5.17. The largest absolute Gasteiger partial charge is 0.302 e. The monoisotopic (exact) mass is 260 g/mol. The van der Waals surface area contributed by atoms with E-state index in [4.69, 9.17) is 0 Å². The lowest BCUT2D eigenvalue weighted by atomic mass is 10.1. The van der Waals surface area contributed by atoms with E-state index in [2.05, 4.69) is 42.3 Å². The van der Waals surface area contributed by atoms with Crippen LogP contribution in [0.2, 0.25) is 0 Å². The number of anilines is 1. The van der Waals surface area contributed by atoms with Crippen LogP contribution in [0.5, 0.6) is 0 Å². The molecule has 0 aliphatic rings. The number of aromatic nitrogens is 1. The van der Waals surface area contributed by atoms with Crippen molar-refractivity contribution in [2.75, 3.05) is 5.32 Å². The van der Waals surface area contributed by atoms with Crippen molar-refractivity contribution in [2.24, 2.45) is 0 Å². The lowest BCUT2D eigenvalue weighted by molar-refractivity contribution is -0.115. The molecule has 1 heterocycles. The Bertz CT molecular complexity index is 555. The molecule has 2 rings (SSSR count). The highest BCUT2D eigenvalue weighted by Crippen LogP contribution is 2.26. The Balaban J connectivity index is 2.26. The van der Waals surface area contributed by atoms with Crippen molar-refractivity contribution in [3.05, 3.63) is 34.7 Å². The van der Waals surface area contributed by atoms with Gasteiger partial charge in [-0.25, -0.2) is 4.98 Å². The van der Waals surface area contributed by atoms with E-state index < -0.39 is 0 Å². The maximum Gasteiger partial charge on any atom is 0.225 e. The van der Waals surface area contributed by atoms with Gasteiger partial charge in [-0.05, 0) is 26.0 Å². The normalized spacial score (nSPS) is 10.4. The lowest BCUT2D eigenvalue weighted by Gasteiger charge is -2.02. The highest BCUT2D eigenvalue weighted by atomic mass is 32.1. The molecule has 0 saturated carbocycles. The van der Waals surface area contributed by atoms with Crippen molar-refractivity contribution in [3.63, 3.8) is 0 Å². The van der Waals surface area contributed by atoms with Crippen molar-refractivity contribution in [3.8, 4) is 11.3 Å². The van der Waals surface area contributed by atoms with Gasteiger partial charge in [0.2, 0.25) is 5.91 Å². The molecule has 2 aromatic rings. The van der Waals surface area contributed by atoms with Gasteiger partial charge in [0.15, 0.2) is 5.13 Å².